The molecule has 0 N–H and O–H groups in total. The minimum Gasteiger partial charge on any atom is -0.307 e. The number of hydrogen-bond donors (Lipinski definition) is 0. The predicted octanol–water partition coefficient (Wildman–Crippen LogP) is 0.698. The number of halogens is 2. The maximum absolute atomic E-state index is 9.62. The average Bonchev–Trinajstić information content (AvgIpc) is 1.46. The Morgan fingerprint density at radius 3 is 1.40 bits per heavy atom. The molecule has 0 spiro atoms. The molecule has 0 aliphatic heterocycles. The number of rotatable bonds is 0. The van der Waals surface area contributed by atoms with Gasteiger partial charge in [0.2, 0.25) is 6.93 Å². The summed E-state index contributed by atoms with van der Waals surface area (Å²) in [6.07, 6.45) is 0. The van der Waals surface area contributed by atoms with Gasteiger partial charge >= 0.3 is 0 Å². The molecule has 0 bridgehead atoms. The molecule has 0 saturated carbocycles. The lowest BCUT2D eigenvalue weighted by molar-refractivity contribution is -0.0979. The van der Waals surface area contributed by atoms with Crippen LogP contribution in [0.2, 0.25) is 0 Å². The van der Waals surface area contributed by atoms with E-state index in [4.69, 9.17) is 4.79 Å². The molecule has 3 heteroatoms. The van der Waals surface area contributed by atoms with Gasteiger partial charge in [-0.3, -0.25) is 0 Å². The van der Waals surface area contributed by atoms with E-state index in [0.29, 0.717) is 0 Å². The van der Waals surface area contributed by atoms with Crippen LogP contribution in [0.1, 0.15) is 0 Å². The van der Waals surface area contributed by atoms with Gasteiger partial charge in [0.05, 0.1) is 0 Å². The smallest absolute Gasteiger partial charge is 0.229 e. The van der Waals surface area contributed by atoms with Crippen molar-refractivity contribution in [1.29, 1.82) is 0 Å². The van der Waals surface area contributed by atoms with E-state index in [2.05, 4.69) is 0 Å². The summed E-state index contributed by atoms with van der Waals surface area (Å²) in [5, 5.41) is 0. The van der Waals surface area contributed by atoms with Crippen molar-refractivity contribution in [2.24, 2.45) is 0 Å². The molecule has 1 nitrogen and oxygen atoms in total. The molecule has 0 amide bonds. The van der Waals surface area contributed by atoms with Crippen molar-refractivity contribution in [1.82, 2.24) is 0 Å². The summed E-state index contributed by atoms with van der Waals surface area (Å²) in [4.78, 5) is 8.00. The third-order valence-electron chi connectivity index (χ3n) is 0. The molecular formula is C2H4F2O. The van der Waals surface area contributed by atoms with E-state index in [-0.39, 0.29) is 0 Å². The summed E-state index contributed by atoms with van der Waals surface area (Å²) in [5.41, 5.74) is 0. The lowest BCUT2D eigenvalue weighted by Gasteiger charge is -1.42. The Morgan fingerprint density at radius 1 is 1.40 bits per heavy atom. The minimum atomic E-state index is -1.75. The van der Waals surface area contributed by atoms with Crippen LogP contribution in [0.15, 0.2) is 0 Å². The summed E-state index contributed by atoms with van der Waals surface area (Å²) < 4.78 is 19.2. The molecule has 0 saturated heterocycles. The Bertz CT molecular complexity index is 11.6. The van der Waals surface area contributed by atoms with E-state index in [1.165, 1.54) is 0 Å². The first-order valence-corrected chi connectivity index (χ1v) is 0.823. The molecule has 0 heterocycles. The van der Waals surface area contributed by atoms with E-state index in [9.17, 15) is 8.78 Å². The Balaban J connectivity index is 0. The van der Waals surface area contributed by atoms with Gasteiger partial charge in [0.25, 0.3) is 0 Å². The van der Waals surface area contributed by atoms with Crippen LogP contribution in [0.25, 0.3) is 0 Å². The molecule has 0 aromatic carbocycles. The average molecular weight is 82.0 g/mol. The fraction of sp³-hybridized carbons (Fsp3) is 0.500. The van der Waals surface area contributed by atoms with Crippen LogP contribution < -0.4 is 0 Å². The third-order valence-corrected chi connectivity index (χ3v) is 0. The molecule has 5 heavy (non-hydrogen) atoms. The number of alkyl halides is 2. The largest absolute Gasteiger partial charge is 0.307 e. The lowest BCUT2D eigenvalue weighted by Crippen LogP contribution is -1.34. The van der Waals surface area contributed by atoms with Crippen molar-refractivity contribution in [3.8, 4) is 0 Å². The third kappa shape index (κ3) is 37.4. The summed E-state index contributed by atoms with van der Waals surface area (Å²) in [6, 6.07) is 0. The highest BCUT2D eigenvalue weighted by molar-refractivity contribution is 5.10. The van der Waals surface area contributed by atoms with Crippen molar-refractivity contribution in [2.75, 3.05) is 6.93 Å². The second kappa shape index (κ2) is 80.4. The highest BCUT2D eigenvalue weighted by Gasteiger charge is 1.44. The molecule has 0 aromatic heterocycles. The summed E-state index contributed by atoms with van der Waals surface area (Å²) in [7, 11) is 0. The SMILES string of the molecule is C=O.FCF. The second-order valence-corrected chi connectivity index (χ2v) is 0.101. The quantitative estimate of drug-likeness (QED) is 0.420. The zero-order valence-electron chi connectivity index (χ0n) is 2.58. The van der Waals surface area contributed by atoms with Crippen LogP contribution in [0.3, 0.4) is 0 Å². The van der Waals surface area contributed by atoms with Gasteiger partial charge in [-0.2, -0.15) is 0 Å². The lowest BCUT2D eigenvalue weighted by atomic mass is 11.7. The Labute approximate surface area is 28.6 Å². The number of carbonyl (C=O) groups excluding carboxylic acids is 1. The zero-order chi connectivity index (χ0) is 4.71. The van der Waals surface area contributed by atoms with Gasteiger partial charge in [-0.25, -0.2) is 8.78 Å². The topological polar surface area (TPSA) is 17.1 Å². The van der Waals surface area contributed by atoms with Crippen molar-refractivity contribution < 1.29 is 13.6 Å². The summed E-state index contributed by atoms with van der Waals surface area (Å²) in [5.74, 6) is 0. The van der Waals surface area contributed by atoms with E-state index >= 15 is 0 Å². The summed E-state index contributed by atoms with van der Waals surface area (Å²) >= 11 is 0. The van der Waals surface area contributed by atoms with Gasteiger partial charge in [0, 0.05) is 0 Å². The second-order valence-electron chi connectivity index (χ2n) is 0.101. The first kappa shape index (κ1) is 8.82. The van der Waals surface area contributed by atoms with Gasteiger partial charge < -0.3 is 4.79 Å². The first-order chi connectivity index (χ1) is 2.41. The van der Waals surface area contributed by atoms with Crippen molar-refractivity contribution in [3.05, 3.63) is 0 Å². The molecule has 32 valence electrons. The van der Waals surface area contributed by atoms with E-state index < -0.39 is 6.93 Å². The molecule has 0 aromatic rings. The molecule has 0 atom stereocenters. The molecule has 0 unspecified atom stereocenters. The van der Waals surface area contributed by atoms with Crippen LogP contribution >= 0.6 is 0 Å². The highest BCUT2D eigenvalue weighted by Crippen LogP contribution is 1.56. The zero-order valence-corrected chi connectivity index (χ0v) is 2.58. The van der Waals surface area contributed by atoms with Crippen molar-refractivity contribution in [2.45, 2.75) is 0 Å². The van der Waals surface area contributed by atoms with Crippen LogP contribution in [0.5, 0.6) is 0 Å². The Hall–Kier alpha value is -0.470. The number of carbonyl (C=O) groups is 1. The fourth-order valence-electron chi connectivity index (χ4n) is 0. The maximum atomic E-state index is 9.62. The molecule has 0 aliphatic carbocycles. The van der Waals surface area contributed by atoms with Crippen LogP contribution in [-0.2, 0) is 4.79 Å². The first-order valence-electron chi connectivity index (χ1n) is 0.823. The molecule has 0 aliphatic rings. The fourth-order valence-corrected chi connectivity index (χ4v) is 0. The van der Waals surface area contributed by atoms with Crippen LogP contribution in [0.4, 0.5) is 8.78 Å². The predicted molar refractivity (Wildman–Crippen MR) is 14.2 cm³/mol. The Kier molecular flexibility index (Phi) is 142. The highest BCUT2D eigenvalue weighted by atomic mass is 19.3. The maximum Gasteiger partial charge on any atom is 0.229 e. The van der Waals surface area contributed by atoms with Gasteiger partial charge in [-0.1, -0.05) is 0 Å². The van der Waals surface area contributed by atoms with E-state index in [1.54, 1.807) is 0 Å². The van der Waals surface area contributed by atoms with Crippen molar-refractivity contribution >= 4 is 6.79 Å². The number of hydrogen-bond acceptors (Lipinski definition) is 1. The van der Waals surface area contributed by atoms with Gasteiger partial charge in [-0.15, -0.1) is 0 Å². The van der Waals surface area contributed by atoms with Gasteiger partial charge in [-0.05, 0) is 0 Å². The van der Waals surface area contributed by atoms with Gasteiger partial charge in [0.1, 0.15) is 6.79 Å². The van der Waals surface area contributed by atoms with E-state index in [0.717, 1.165) is 0 Å². The molecular weight excluding hydrogens is 78.0 g/mol. The molecule has 0 rings (SSSR count). The minimum absolute atomic E-state index is 1.75. The van der Waals surface area contributed by atoms with Gasteiger partial charge in [0.15, 0.2) is 0 Å². The normalized spacial score (nSPS) is 4.40. The van der Waals surface area contributed by atoms with Crippen molar-refractivity contribution in [3.63, 3.8) is 0 Å². The summed E-state index contributed by atoms with van der Waals surface area (Å²) in [6.45, 7) is 0.250. The Morgan fingerprint density at radius 2 is 1.40 bits per heavy atom. The van der Waals surface area contributed by atoms with Crippen LogP contribution in [0, 0.1) is 0 Å². The molecule has 0 radical (unpaired) electrons. The monoisotopic (exact) mass is 82.0 g/mol. The van der Waals surface area contributed by atoms with E-state index in [1.807, 2.05) is 6.79 Å². The molecule has 0 fully saturated rings. The van der Waals surface area contributed by atoms with Crippen LogP contribution in [-0.4, -0.2) is 13.7 Å². The standard InChI is InChI=1S/CH2F2.CH2O/c2-1-3;1-2/h1H2;1H2.